The number of cyclic esters (lactones) is 1. The zero-order chi connectivity index (χ0) is 21.1. The summed E-state index contributed by atoms with van der Waals surface area (Å²) >= 11 is 0. The Bertz CT molecular complexity index is 671. The Morgan fingerprint density at radius 1 is 1.29 bits per heavy atom. The quantitative estimate of drug-likeness (QED) is 0.677. The van der Waals surface area contributed by atoms with Crippen LogP contribution in [0.2, 0.25) is 0 Å². The van der Waals surface area contributed by atoms with Crippen molar-refractivity contribution in [2.75, 3.05) is 13.7 Å². The molecular formula is C22H33FN2O3. The molecule has 156 valence electrons. The van der Waals surface area contributed by atoms with Crippen LogP contribution in [0.15, 0.2) is 36.3 Å². The first-order valence-electron chi connectivity index (χ1n) is 10.1. The normalized spacial score (nSPS) is 21.2. The van der Waals surface area contributed by atoms with Gasteiger partial charge in [0.1, 0.15) is 11.9 Å². The Morgan fingerprint density at radius 3 is 2.54 bits per heavy atom. The number of allylic oxidation sites excluding steroid dienone is 3. The van der Waals surface area contributed by atoms with Crippen molar-refractivity contribution in [1.29, 1.82) is 0 Å². The van der Waals surface area contributed by atoms with Crippen molar-refractivity contribution < 1.29 is 18.7 Å². The summed E-state index contributed by atoms with van der Waals surface area (Å²) in [4.78, 5) is 17.9. The number of ether oxygens (including phenoxy) is 2. The molecule has 1 saturated heterocycles. The number of aromatic nitrogens is 1. The average molecular weight is 393 g/mol. The molecule has 2 unspecified atom stereocenters. The van der Waals surface area contributed by atoms with Gasteiger partial charge in [0.25, 0.3) is 0 Å². The average Bonchev–Trinajstić information content (AvgIpc) is 2.94. The Labute approximate surface area is 168 Å². The Hall–Kier alpha value is -2.21. The smallest absolute Gasteiger partial charge is 0.410 e. The Balaban J connectivity index is 0.000000921. The SMILES string of the molecule is CC.CC.COCc1ccc(C2=C(F)CCC(N3CC(C)OC3=O)C=C2)nc1. The third-order valence-corrected chi connectivity index (χ3v) is 4.24. The van der Waals surface area contributed by atoms with Crippen LogP contribution in [-0.4, -0.2) is 41.8 Å². The number of amides is 1. The Kier molecular flexibility index (Phi) is 10.5. The summed E-state index contributed by atoms with van der Waals surface area (Å²) in [7, 11) is 1.62. The minimum Gasteiger partial charge on any atom is -0.444 e. The van der Waals surface area contributed by atoms with Gasteiger partial charge >= 0.3 is 6.09 Å². The van der Waals surface area contributed by atoms with Crippen LogP contribution in [0.3, 0.4) is 0 Å². The van der Waals surface area contributed by atoms with Crippen LogP contribution >= 0.6 is 0 Å². The maximum absolute atomic E-state index is 14.5. The van der Waals surface area contributed by atoms with Crippen LogP contribution in [0.1, 0.15) is 58.7 Å². The number of carbonyl (C=O) groups is 1. The Morgan fingerprint density at radius 2 is 2.00 bits per heavy atom. The molecule has 28 heavy (non-hydrogen) atoms. The van der Waals surface area contributed by atoms with Crippen molar-refractivity contribution in [2.24, 2.45) is 0 Å². The van der Waals surface area contributed by atoms with E-state index in [1.807, 2.05) is 46.8 Å². The fourth-order valence-electron chi connectivity index (χ4n) is 3.02. The van der Waals surface area contributed by atoms with Gasteiger partial charge in [-0.15, -0.1) is 0 Å². The molecule has 0 radical (unpaired) electrons. The predicted octanol–water partition coefficient (Wildman–Crippen LogP) is 5.52. The van der Waals surface area contributed by atoms with Crippen molar-refractivity contribution in [2.45, 2.75) is 66.2 Å². The number of halogens is 1. The van der Waals surface area contributed by atoms with Gasteiger partial charge in [0.2, 0.25) is 0 Å². The molecule has 6 heteroatoms. The lowest BCUT2D eigenvalue weighted by atomic mass is 10.1. The van der Waals surface area contributed by atoms with Crippen LogP contribution in [0.25, 0.3) is 5.57 Å². The van der Waals surface area contributed by atoms with E-state index in [2.05, 4.69) is 4.98 Å². The molecule has 0 spiro atoms. The highest BCUT2D eigenvalue weighted by atomic mass is 19.1. The van der Waals surface area contributed by atoms with E-state index >= 15 is 0 Å². The summed E-state index contributed by atoms with van der Waals surface area (Å²) in [6, 6.07) is 3.51. The largest absolute Gasteiger partial charge is 0.444 e. The summed E-state index contributed by atoms with van der Waals surface area (Å²) < 4.78 is 24.7. The molecule has 2 atom stereocenters. The van der Waals surface area contributed by atoms with E-state index in [1.165, 1.54) is 0 Å². The van der Waals surface area contributed by atoms with Gasteiger partial charge < -0.3 is 9.47 Å². The summed E-state index contributed by atoms with van der Waals surface area (Å²) in [5.41, 5.74) is 2.00. The lowest BCUT2D eigenvalue weighted by Crippen LogP contribution is -2.34. The lowest BCUT2D eigenvalue weighted by molar-refractivity contribution is 0.135. The van der Waals surface area contributed by atoms with E-state index in [1.54, 1.807) is 30.3 Å². The van der Waals surface area contributed by atoms with E-state index in [0.29, 0.717) is 30.8 Å². The number of nitrogens with zero attached hydrogens (tertiary/aromatic N) is 2. The monoisotopic (exact) mass is 392 g/mol. The van der Waals surface area contributed by atoms with Crippen molar-refractivity contribution in [3.05, 3.63) is 47.6 Å². The number of methoxy groups -OCH3 is 1. The summed E-state index contributed by atoms with van der Waals surface area (Å²) in [5.74, 6) is -0.207. The molecule has 1 aliphatic carbocycles. The molecular weight excluding hydrogens is 359 g/mol. The fraction of sp³-hybridized carbons (Fsp3) is 0.545. The second kappa shape index (κ2) is 12.3. The van der Waals surface area contributed by atoms with Crippen LogP contribution in [0.5, 0.6) is 0 Å². The van der Waals surface area contributed by atoms with Crippen LogP contribution in [0.4, 0.5) is 9.18 Å². The van der Waals surface area contributed by atoms with Crippen molar-refractivity contribution in [1.82, 2.24) is 9.88 Å². The number of pyridine rings is 1. The van der Waals surface area contributed by atoms with E-state index in [-0.39, 0.29) is 30.5 Å². The van der Waals surface area contributed by atoms with Crippen molar-refractivity contribution in [3.63, 3.8) is 0 Å². The van der Waals surface area contributed by atoms with E-state index in [0.717, 1.165) is 5.56 Å². The number of rotatable bonds is 4. The highest BCUT2D eigenvalue weighted by Crippen LogP contribution is 2.30. The molecule has 1 aromatic heterocycles. The molecule has 5 nitrogen and oxygen atoms in total. The maximum Gasteiger partial charge on any atom is 0.410 e. The number of hydrogen-bond acceptors (Lipinski definition) is 4. The van der Waals surface area contributed by atoms with Gasteiger partial charge in [0, 0.05) is 25.3 Å². The lowest BCUT2D eigenvalue weighted by Gasteiger charge is -2.21. The topological polar surface area (TPSA) is 51.7 Å². The van der Waals surface area contributed by atoms with Crippen molar-refractivity contribution in [3.8, 4) is 0 Å². The van der Waals surface area contributed by atoms with Gasteiger partial charge in [-0.05, 0) is 25.0 Å². The van der Waals surface area contributed by atoms with Gasteiger partial charge in [-0.1, -0.05) is 45.9 Å². The predicted molar refractivity (Wildman–Crippen MR) is 110 cm³/mol. The molecule has 1 amide bonds. The van der Waals surface area contributed by atoms with Crippen LogP contribution in [-0.2, 0) is 16.1 Å². The molecule has 0 bridgehead atoms. The molecule has 0 aromatic carbocycles. The second-order valence-electron chi connectivity index (χ2n) is 6.12. The fourth-order valence-corrected chi connectivity index (χ4v) is 3.02. The minimum atomic E-state index is -0.331. The molecule has 0 saturated carbocycles. The van der Waals surface area contributed by atoms with Crippen LogP contribution in [0, 0.1) is 0 Å². The van der Waals surface area contributed by atoms with Gasteiger partial charge in [0.15, 0.2) is 0 Å². The molecule has 1 aromatic rings. The first kappa shape index (κ1) is 23.8. The third kappa shape index (κ3) is 6.16. The van der Waals surface area contributed by atoms with Gasteiger partial charge in [-0.2, -0.15) is 0 Å². The second-order valence-corrected chi connectivity index (χ2v) is 6.12. The van der Waals surface area contributed by atoms with Crippen molar-refractivity contribution >= 4 is 11.7 Å². The van der Waals surface area contributed by atoms with Gasteiger partial charge in [0.05, 0.1) is 24.9 Å². The number of hydrogen-bond donors (Lipinski definition) is 0. The first-order chi connectivity index (χ1) is 13.6. The molecule has 0 N–H and O–H groups in total. The minimum absolute atomic E-state index is 0.124. The third-order valence-electron chi connectivity index (χ3n) is 4.24. The molecule has 1 fully saturated rings. The van der Waals surface area contributed by atoms with Crippen LogP contribution < -0.4 is 0 Å². The summed E-state index contributed by atoms with van der Waals surface area (Å²) in [6.07, 6.45) is 5.63. The molecule has 2 heterocycles. The van der Waals surface area contributed by atoms with E-state index < -0.39 is 0 Å². The highest BCUT2D eigenvalue weighted by molar-refractivity contribution is 5.75. The first-order valence-corrected chi connectivity index (χ1v) is 10.1. The number of carbonyl (C=O) groups excluding carboxylic acids is 1. The maximum atomic E-state index is 14.5. The zero-order valence-electron chi connectivity index (χ0n) is 17.9. The molecule has 3 rings (SSSR count). The molecule has 2 aliphatic rings. The summed E-state index contributed by atoms with van der Waals surface area (Å²) in [5, 5.41) is 0. The summed E-state index contributed by atoms with van der Waals surface area (Å²) in [6.45, 7) is 10.9. The molecule has 1 aliphatic heterocycles. The van der Waals surface area contributed by atoms with E-state index in [9.17, 15) is 9.18 Å². The van der Waals surface area contributed by atoms with Gasteiger partial charge in [-0.25, -0.2) is 9.18 Å². The zero-order valence-corrected chi connectivity index (χ0v) is 17.9. The van der Waals surface area contributed by atoms with E-state index in [4.69, 9.17) is 9.47 Å². The van der Waals surface area contributed by atoms with Gasteiger partial charge in [-0.3, -0.25) is 9.88 Å². The highest BCUT2D eigenvalue weighted by Gasteiger charge is 2.33. The standard InChI is InChI=1S/C18H21FN2O3.2C2H6/c1-12-10-21(18(22)24-12)14-4-6-15(16(19)7-5-14)17-8-3-13(9-20-17)11-23-2;2*1-2/h3-4,6,8-9,12,14H,5,7,10-11H2,1-2H3;2*1-2H3.